The highest BCUT2D eigenvalue weighted by molar-refractivity contribution is 6.04. The minimum Gasteiger partial charge on any atom is -0.349 e. The zero-order chi connectivity index (χ0) is 17.7. The molecule has 2 rings (SSSR count). The summed E-state index contributed by atoms with van der Waals surface area (Å²) in [6.07, 6.45) is 0. The van der Waals surface area contributed by atoms with Gasteiger partial charge in [0, 0.05) is 24.5 Å². The van der Waals surface area contributed by atoms with Crippen molar-refractivity contribution in [2.45, 2.75) is 40.3 Å². The molecule has 0 aliphatic heterocycles. The molecule has 0 radical (unpaired) electrons. The van der Waals surface area contributed by atoms with Crippen molar-refractivity contribution in [2.75, 3.05) is 13.1 Å². The quantitative estimate of drug-likeness (QED) is 0.811. The molecular weight excluding hydrogens is 304 g/mol. The lowest BCUT2D eigenvalue weighted by Gasteiger charge is -2.15. The maximum atomic E-state index is 12.6. The summed E-state index contributed by atoms with van der Waals surface area (Å²) in [5.41, 5.74) is 0.145. The van der Waals surface area contributed by atoms with Gasteiger partial charge in [-0.25, -0.2) is 4.68 Å². The van der Waals surface area contributed by atoms with Gasteiger partial charge in [-0.1, -0.05) is 39.0 Å². The first kappa shape index (κ1) is 18.1. The second-order valence-electron chi connectivity index (χ2n) is 6.44. The van der Waals surface area contributed by atoms with Crippen LogP contribution >= 0.6 is 0 Å². The Kier molecular flexibility index (Phi) is 6.09. The average Bonchev–Trinajstić information content (AvgIpc) is 2.55. The van der Waals surface area contributed by atoms with Crippen LogP contribution in [0.2, 0.25) is 0 Å². The number of fused-ring (bicyclic) bond motifs is 1. The van der Waals surface area contributed by atoms with E-state index in [0.29, 0.717) is 29.6 Å². The fraction of sp³-hybridized carbons (Fsp3) is 0.500. The van der Waals surface area contributed by atoms with Gasteiger partial charge in [-0.3, -0.25) is 9.59 Å². The minimum absolute atomic E-state index is 0.156. The van der Waals surface area contributed by atoms with Crippen molar-refractivity contribution in [1.29, 1.82) is 0 Å². The number of amides is 1. The van der Waals surface area contributed by atoms with Gasteiger partial charge in [-0.15, -0.1) is 0 Å². The minimum atomic E-state index is -0.256. The van der Waals surface area contributed by atoms with Crippen LogP contribution in [0.25, 0.3) is 10.8 Å². The smallest absolute Gasteiger partial charge is 0.274 e. The summed E-state index contributed by atoms with van der Waals surface area (Å²) in [7, 11) is 0. The highest BCUT2D eigenvalue weighted by atomic mass is 16.2. The summed E-state index contributed by atoms with van der Waals surface area (Å²) in [5, 5.41) is 11.6. The van der Waals surface area contributed by atoms with Gasteiger partial charge < -0.3 is 10.6 Å². The van der Waals surface area contributed by atoms with E-state index in [4.69, 9.17) is 0 Å². The van der Waals surface area contributed by atoms with Crippen LogP contribution in [0.4, 0.5) is 0 Å². The van der Waals surface area contributed by atoms with Crippen LogP contribution in [0.3, 0.4) is 0 Å². The van der Waals surface area contributed by atoms with E-state index in [2.05, 4.69) is 15.7 Å². The lowest BCUT2D eigenvalue weighted by Crippen LogP contribution is -2.40. The number of nitrogens with zero attached hydrogens (tertiary/aromatic N) is 2. The third-order valence-electron chi connectivity index (χ3n) is 3.74. The first-order valence-corrected chi connectivity index (χ1v) is 8.45. The predicted octanol–water partition coefficient (Wildman–Crippen LogP) is 1.78. The van der Waals surface area contributed by atoms with Gasteiger partial charge in [0.1, 0.15) is 0 Å². The summed E-state index contributed by atoms with van der Waals surface area (Å²) < 4.78 is 1.40. The number of aromatic nitrogens is 2. The number of carbonyl (C=O) groups excluding carboxylic acids is 1. The molecule has 0 aliphatic carbocycles. The Morgan fingerprint density at radius 2 is 1.88 bits per heavy atom. The van der Waals surface area contributed by atoms with E-state index in [0.717, 1.165) is 6.54 Å². The van der Waals surface area contributed by atoms with E-state index in [1.165, 1.54) is 4.68 Å². The van der Waals surface area contributed by atoms with Gasteiger partial charge in [0.05, 0.1) is 5.39 Å². The van der Waals surface area contributed by atoms with Gasteiger partial charge in [0.15, 0.2) is 5.69 Å². The summed E-state index contributed by atoms with van der Waals surface area (Å²) in [6.45, 7) is 9.90. The first-order valence-electron chi connectivity index (χ1n) is 8.45. The van der Waals surface area contributed by atoms with Crippen LogP contribution in [-0.4, -0.2) is 34.8 Å². The summed E-state index contributed by atoms with van der Waals surface area (Å²) in [5.74, 6) is 0.00880. The van der Waals surface area contributed by atoms with Crippen molar-refractivity contribution in [3.05, 3.63) is 40.3 Å². The third-order valence-corrected chi connectivity index (χ3v) is 3.74. The lowest BCUT2D eigenvalue weighted by molar-refractivity contribution is 0.0944. The standard InChI is InChI=1S/C18H26N4O2/c1-5-19-13(4)10-20-17(23)16-14-8-6-7-9-15(14)18(24)22(21-16)11-12(2)3/h6-9,12-13,19H,5,10-11H2,1-4H3,(H,20,23)/t13-/m1/s1. The number of rotatable bonds is 7. The molecule has 1 atom stereocenters. The number of likely N-dealkylation sites (N-methyl/N-ethyl adjacent to an activating group) is 1. The highest BCUT2D eigenvalue weighted by Crippen LogP contribution is 2.13. The molecule has 0 saturated carbocycles. The molecular formula is C18H26N4O2. The predicted molar refractivity (Wildman–Crippen MR) is 96.3 cm³/mol. The van der Waals surface area contributed by atoms with Gasteiger partial charge in [0.2, 0.25) is 0 Å². The maximum Gasteiger partial charge on any atom is 0.274 e. The van der Waals surface area contributed by atoms with Crippen LogP contribution in [0.15, 0.2) is 29.1 Å². The van der Waals surface area contributed by atoms with Crippen molar-refractivity contribution < 1.29 is 4.79 Å². The van der Waals surface area contributed by atoms with Gasteiger partial charge in [-0.05, 0) is 25.5 Å². The van der Waals surface area contributed by atoms with E-state index in [-0.39, 0.29) is 23.4 Å². The van der Waals surface area contributed by atoms with Gasteiger partial charge in [0.25, 0.3) is 11.5 Å². The van der Waals surface area contributed by atoms with Crippen LogP contribution < -0.4 is 16.2 Å². The van der Waals surface area contributed by atoms with E-state index < -0.39 is 0 Å². The maximum absolute atomic E-state index is 12.6. The second-order valence-corrected chi connectivity index (χ2v) is 6.44. The Hall–Kier alpha value is -2.21. The number of benzene rings is 1. The number of hydrogen-bond donors (Lipinski definition) is 2. The molecule has 2 aromatic rings. The topological polar surface area (TPSA) is 76.0 Å². The number of nitrogens with one attached hydrogen (secondary N) is 2. The fourth-order valence-electron chi connectivity index (χ4n) is 2.62. The largest absolute Gasteiger partial charge is 0.349 e. The molecule has 1 aromatic carbocycles. The van der Waals surface area contributed by atoms with Crippen molar-refractivity contribution in [2.24, 2.45) is 5.92 Å². The Balaban J connectivity index is 2.39. The Morgan fingerprint density at radius 1 is 1.21 bits per heavy atom. The van der Waals surface area contributed by atoms with Crippen LogP contribution in [0.5, 0.6) is 0 Å². The van der Waals surface area contributed by atoms with E-state index in [1.54, 1.807) is 18.2 Å². The molecule has 0 saturated heterocycles. The molecule has 130 valence electrons. The third kappa shape index (κ3) is 4.20. The monoisotopic (exact) mass is 330 g/mol. The molecule has 0 bridgehead atoms. The van der Waals surface area contributed by atoms with E-state index in [1.807, 2.05) is 33.8 Å². The summed E-state index contributed by atoms with van der Waals surface area (Å²) >= 11 is 0. The summed E-state index contributed by atoms with van der Waals surface area (Å²) in [4.78, 5) is 25.1. The molecule has 1 amide bonds. The van der Waals surface area contributed by atoms with Crippen molar-refractivity contribution in [1.82, 2.24) is 20.4 Å². The van der Waals surface area contributed by atoms with Crippen LogP contribution in [0, 0.1) is 5.92 Å². The van der Waals surface area contributed by atoms with Gasteiger partial charge >= 0.3 is 0 Å². The zero-order valence-corrected chi connectivity index (χ0v) is 14.8. The molecule has 0 aliphatic rings. The van der Waals surface area contributed by atoms with E-state index >= 15 is 0 Å². The number of carbonyl (C=O) groups is 1. The fourth-order valence-corrected chi connectivity index (χ4v) is 2.62. The molecule has 0 spiro atoms. The van der Waals surface area contributed by atoms with Crippen molar-refractivity contribution >= 4 is 16.7 Å². The average molecular weight is 330 g/mol. The van der Waals surface area contributed by atoms with E-state index in [9.17, 15) is 9.59 Å². The molecule has 6 heteroatoms. The van der Waals surface area contributed by atoms with Crippen LogP contribution in [-0.2, 0) is 6.54 Å². The first-order chi connectivity index (χ1) is 11.4. The molecule has 1 heterocycles. The second kappa shape index (κ2) is 8.06. The van der Waals surface area contributed by atoms with Gasteiger partial charge in [-0.2, -0.15) is 5.10 Å². The van der Waals surface area contributed by atoms with Crippen molar-refractivity contribution in [3.63, 3.8) is 0 Å². The Bertz CT molecular complexity index is 767. The normalized spacial score (nSPS) is 12.5. The molecule has 24 heavy (non-hydrogen) atoms. The zero-order valence-electron chi connectivity index (χ0n) is 14.8. The Labute approximate surface area is 142 Å². The molecule has 2 N–H and O–H groups in total. The Morgan fingerprint density at radius 3 is 2.50 bits per heavy atom. The summed E-state index contributed by atoms with van der Waals surface area (Å²) in [6, 6.07) is 7.30. The molecule has 0 fully saturated rings. The highest BCUT2D eigenvalue weighted by Gasteiger charge is 2.17. The van der Waals surface area contributed by atoms with Crippen molar-refractivity contribution in [3.8, 4) is 0 Å². The SMILES string of the molecule is CCN[C@H](C)CNC(=O)c1nn(CC(C)C)c(=O)c2ccccc12. The molecule has 1 aromatic heterocycles. The lowest BCUT2D eigenvalue weighted by atomic mass is 10.1. The number of hydrogen-bond acceptors (Lipinski definition) is 4. The molecule has 0 unspecified atom stereocenters. The molecule has 6 nitrogen and oxygen atoms in total. The van der Waals surface area contributed by atoms with Crippen LogP contribution in [0.1, 0.15) is 38.2 Å².